The Hall–Kier alpha value is -5.59. The Morgan fingerprint density at radius 1 is 1.06 bits per heavy atom. The van der Waals surface area contributed by atoms with E-state index in [0.717, 1.165) is 11.3 Å². The molecule has 1 aliphatic carbocycles. The normalized spacial score (nSPS) is 26.3. The average molecular weight is 866 g/mol. The number of aliphatic hydroxyl groups excluding tert-OH is 4. The summed E-state index contributed by atoms with van der Waals surface area (Å²) in [5, 5.41) is 79.6. The van der Waals surface area contributed by atoms with Crippen LogP contribution in [0.2, 0.25) is 0 Å². The molecule has 63 heavy (non-hydrogen) atoms. The van der Waals surface area contributed by atoms with E-state index < -0.39 is 55.3 Å². The highest BCUT2D eigenvalue weighted by Gasteiger charge is 2.52. The predicted molar refractivity (Wildman–Crippen MR) is 230 cm³/mol. The lowest BCUT2D eigenvalue weighted by Gasteiger charge is -2.48. The van der Waals surface area contributed by atoms with Gasteiger partial charge in [0.25, 0.3) is 0 Å². The molecule has 0 radical (unpaired) electrons. The Morgan fingerprint density at radius 3 is 2.65 bits per heavy atom. The van der Waals surface area contributed by atoms with Crippen LogP contribution in [0.4, 0.5) is 5.69 Å². The molecule has 16 nitrogen and oxygen atoms in total. The van der Waals surface area contributed by atoms with Crippen molar-refractivity contribution >= 4 is 39.6 Å². The number of aryl methyl sites for hydroxylation is 1. The zero-order chi connectivity index (χ0) is 44.4. The van der Waals surface area contributed by atoms with Gasteiger partial charge < -0.3 is 55.1 Å². The Bertz CT molecular complexity index is 2660. The van der Waals surface area contributed by atoms with Gasteiger partial charge in [-0.2, -0.15) is 0 Å². The van der Waals surface area contributed by atoms with Gasteiger partial charge in [0.1, 0.15) is 65.2 Å². The van der Waals surface area contributed by atoms with Gasteiger partial charge in [-0.05, 0) is 79.0 Å². The van der Waals surface area contributed by atoms with Crippen LogP contribution in [0.5, 0.6) is 17.2 Å². The summed E-state index contributed by atoms with van der Waals surface area (Å²) in [6.45, 7) is 2.56. The second-order valence-electron chi connectivity index (χ2n) is 17.5. The molecule has 5 heterocycles. The smallest absolute Gasteiger partial charge is 0.220 e. The number of rotatable bonds is 13. The van der Waals surface area contributed by atoms with Gasteiger partial charge in [-0.1, -0.05) is 25.1 Å². The summed E-state index contributed by atoms with van der Waals surface area (Å²) < 4.78 is 13.7. The number of allylic oxidation sites excluding steroid dienone is 2. The van der Waals surface area contributed by atoms with E-state index in [0.29, 0.717) is 82.3 Å². The average Bonchev–Trinajstić information content (AvgIpc) is 4.00. The predicted octanol–water partition coefficient (Wildman–Crippen LogP) is 3.26. The van der Waals surface area contributed by atoms with Crippen LogP contribution in [0.1, 0.15) is 49.5 Å². The van der Waals surface area contributed by atoms with Crippen LogP contribution in [-0.4, -0.2) is 109 Å². The van der Waals surface area contributed by atoms with Crippen molar-refractivity contribution in [2.45, 2.75) is 94.0 Å². The number of nitrogens with zero attached hydrogens (tertiary/aromatic N) is 2. The molecule has 1 unspecified atom stereocenters. The summed E-state index contributed by atoms with van der Waals surface area (Å²) in [6.07, 6.45) is 4.31. The van der Waals surface area contributed by atoms with Crippen molar-refractivity contribution in [3.05, 3.63) is 105 Å². The summed E-state index contributed by atoms with van der Waals surface area (Å²) in [5.74, 6) is 0.478. The van der Waals surface area contributed by atoms with E-state index in [2.05, 4.69) is 28.2 Å². The molecule has 16 heteroatoms. The fraction of sp³-hybridized carbons (Fsp3) is 0.426. The molecule has 1 saturated heterocycles. The van der Waals surface area contributed by atoms with Gasteiger partial charge in [-0.15, -0.1) is 0 Å². The van der Waals surface area contributed by atoms with E-state index in [9.17, 15) is 45.3 Å². The Kier molecular flexibility index (Phi) is 11.2. The van der Waals surface area contributed by atoms with E-state index in [1.54, 1.807) is 19.2 Å². The molecule has 1 aromatic heterocycles. The van der Waals surface area contributed by atoms with Crippen LogP contribution in [0, 0.1) is 18.8 Å². The van der Waals surface area contributed by atoms with Gasteiger partial charge in [-0.25, -0.2) is 9.78 Å². The molecule has 4 aliphatic heterocycles. The lowest BCUT2D eigenvalue weighted by molar-refractivity contribution is -0.373. The summed E-state index contributed by atoms with van der Waals surface area (Å²) in [4.78, 5) is 45.1. The SMILES string of the molecule is CCC1C2=CC=NC2=CN1c1c2c(cc3c(=O)cc(C)oc13)C[C@@H](OOC[C@@](O)(Cc1ccc(O)c3ccc(O)cc13)[C@@H](O)[C@H](O)[C@H](O)CO)[C@]1(CC=C[C@H]([C@@H]3CNC(=O)C3)C1)O2. The minimum Gasteiger partial charge on any atom is -0.508 e. The number of phenols is 2. The van der Waals surface area contributed by atoms with Crippen LogP contribution in [0.15, 0.2) is 92.4 Å². The molecule has 0 saturated carbocycles. The highest BCUT2D eigenvalue weighted by Crippen LogP contribution is 2.53. The maximum atomic E-state index is 13.7. The maximum absolute atomic E-state index is 13.7. The van der Waals surface area contributed by atoms with E-state index in [1.165, 1.54) is 36.4 Å². The van der Waals surface area contributed by atoms with Crippen molar-refractivity contribution in [2.75, 3.05) is 24.7 Å². The zero-order valence-electron chi connectivity index (χ0n) is 34.8. The first-order valence-electron chi connectivity index (χ1n) is 21.3. The summed E-state index contributed by atoms with van der Waals surface area (Å²) in [5.41, 5.74) is -0.113. The fourth-order valence-electron chi connectivity index (χ4n) is 10.0. The number of aliphatic imine (C=N–C) groups is 1. The first kappa shape index (κ1) is 42.7. The van der Waals surface area contributed by atoms with Crippen LogP contribution in [0.3, 0.4) is 0 Å². The summed E-state index contributed by atoms with van der Waals surface area (Å²) in [7, 11) is 0. The van der Waals surface area contributed by atoms with Crippen molar-refractivity contribution in [3.63, 3.8) is 0 Å². The number of carbonyl (C=O) groups excluding carboxylic acids is 1. The molecule has 9 rings (SSSR count). The van der Waals surface area contributed by atoms with Crippen molar-refractivity contribution in [3.8, 4) is 17.2 Å². The number of ether oxygens (including phenoxy) is 1. The Labute approximate surface area is 361 Å². The van der Waals surface area contributed by atoms with Crippen LogP contribution >= 0.6 is 0 Å². The third kappa shape index (κ3) is 7.58. The van der Waals surface area contributed by atoms with E-state index >= 15 is 0 Å². The monoisotopic (exact) mass is 865 g/mol. The van der Waals surface area contributed by atoms with Gasteiger partial charge in [0.2, 0.25) is 5.91 Å². The minimum absolute atomic E-state index is 0.0366. The molecule has 4 aromatic rings. The zero-order valence-corrected chi connectivity index (χ0v) is 34.8. The number of aromatic hydroxyl groups is 2. The molecule has 1 amide bonds. The van der Waals surface area contributed by atoms with E-state index in [-0.39, 0.29) is 47.1 Å². The lowest BCUT2D eigenvalue weighted by atomic mass is 9.71. The quantitative estimate of drug-likeness (QED) is 0.0547. The number of phenolic OH excluding ortho intramolecular Hbond substituents is 2. The minimum atomic E-state index is -2.41. The van der Waals surface area contributed by atoms with Crippen molar-refractivity contribution in [1.82, 2.24) is 5.32 Å². The third-order valence-electron chi connectivity index (χ3n) is 13.4. The van der Waals surface area contributed by atoms with Gasteiger partial charge in [0.15, 0.2) is 16.8 Å². The summed E-state index contributed by atoms with van der Waals surface area (Å²) >= 11 is 0. The molecule has 0 bridgehead atoms. The molecule has 3 aromatic carbocycles. The van der Waals surface area contributed by atoms with Crippen molar-refractivity contribution in [2.24, 2.45) is 16.8 Å². The number of hydrogen-bond acceptors (Lipinski definition) is 15. The second kappa shape index (κ2) is 16.5. The van der Waals surface area contributed by atoms with Gasteiger partial charge in [-0.3, -0.25) is 14.6 Å². The number of benzene rings is 3. The third-order valence-corrected chi connectivity index (χ3v) is 13.4. The molecule has 9 atom stereocenters. The lowest BCUT2D eigenvalue weighted by Crippen LogP contribution is -2.58. The van der Waals surface area contributed by atoms with E-state index in [4.69, 9.17) is 18.9 Å². The maximum Gasteiger partial charge on any atom is 0.220 e. The largest absolute Gasteiger partial charge is 0.508 e. The topological polar surface area (TPSA) is 244 Å². The van der Waals surface area contributed by atoms with Gasteiger partial charge in [0.05, 0.1) is 23.7 Å². The molecule has 1 fully saturated rings. The number of carbonyl (C=O) groups is 1. The standard InChI is InChI=1S/C47H51N3O13/c1-3-35-31-10-12-48-34(31)21-50(35)41-43-27(14-33-37(54)13-24(2)61-44(33)41)15-39(47(62-43)11-4-5-25(19-47)28-16-40(56)49-20-28)63-60-23-46(59,45(58)42(57)38(55)22-51)18-26-6-9-36(53)30-8-7-29(52)17-32(26)30/h4-10,12-14,17,21,25,28,35,38-39,42,45,51-53,55,57-59H,3,11,15-16,18-20,22-23H2,1-2H3,(H,49,56)/t25-,28-,35?,38+,39+,42+,45-,46-,47+/m0/s1. The number of fused-ring (bicyclic) bond motifs is 4. The highest BCUT2D eigenvalue weighted by molar-refractivity contribution is 5.97. The fourth-order valence-corrected chi connectivity index (χ4v) is 10.0. The number of amides is 1. The van der Waals surface area contributed by atoms with Crippen LogP contribution in [0.25, 0.3) is 21.7 Å². The Morgan fingerprint density at radius 2 is 1.89 bits per heavy atom. The van der Waals surface area contributed by atoms with Crippen molar-refractivity contribution < 1.29 is 59.5 Å². The molecule has 1 spiro atoms. The molecular weight excluding hydrogens is 815 g/mol. The first-order chi connectivity index (χ1) is 30.2. The molecule has 5 aliphatic rings. The first-order valence-corrected chi connectivity index (χ1v) is 21.3. The number of nitrogens with one attached hydrogen (secondary N) is 1. The molecular formula is C47H51N3O13. The molecule has 332 valence electrons. The highest BCUT2D eigenvalue weighted by atomic mass is 17.2. The van der Waals surface area contributed by atoms with Gasteiger partial charge >= 0.3 is 0 Å². The van der Waals surface area contributed by atoms with Crippen LogP contribution in [-0.2, 0) is 27.4 Å². The summed E-state index contributed by atoms with van der Waals surface area (Å²) in [6, 6.07) is 10.2. The number of hydrogen-bond donors (Lipinski definition) is 8. The Balaban J connectivity index is 1.11. The second-order valence-corrected chi connectivity index (χ2v) is 17.5. The van der Waals surface area contributed by atoms with E-state index in [1.807, 2.05) is 18.4 Å². The van der Waals surface area contributed by atoms with Gasteiger partial charge in [0, 0.05) is 67.2 Å². The number of anilines is 1. The molecule has 8 N–H and O–H groups in total. The van der Waals surface area contributed by atoms with Crippen molar-refractivity contribution in [1.29, 1.82) is 0 Å². The number of aliphatic hydroxyl groups is 5. The van der Waals surface area contributed by atoms with Crippen LogP contribution < -0.4 is 20.4 Å².